The molecule has 5 aromatic carbocycles. The topological polar surface area (TPSA) is 282 Å². The number of hydrogen-bond acceptors (Lipinski definition) is 12. The van der Waals surface area contributed by atoms with Crippen molar-refractivity contribution in [2.24, 2.45) is 10.8 Å². The van der Waals surface area contributed by atoms with Crippen LogP contribution in [0.1, 0.15) is 70.5 Å². The molecule has 8 aromatic rings. The summed E-state index contributed by atoms with van der Waals surface area (Å²) in [7, 11) is 2.69. The second-order valence-electron chi connectivity index (χ2n) is 22.2. The number of methoxy groups -OCH3 is 2. The third-order valence-electron chi connectivity index (χ3n) is 14.1. The average molecular weight is 1280 g/mol. The summed E-state index contributed by atoms with van der Waals surface area (Å²) in [6, 6.07) is 31.8. The van der Waals surface area contributed by atoms with Crippen LogP contribution >= 0.6 is 23.2 Å². The van der Waals surface area contributed by atoms with Crippen molar-refractivity contribution in [1.82, 2.24) is 28.1 Å². The highest BCUT2D eigenvalue weighted by Gasteiger charge is 2.30. The number of hydrogen-bond donors (Lipinski definition) is 7. The van der Waals surface area contributed by atoms with Gasteiger partial charge in [0.25, 0.3) is 16.7 Å². The van der Waals surface area contributed by atoms with E-state index in [2.05, 4.69) is 27.8 Å². The number of aliphatic hydroxyl groups is 2. The van der Waals surface area contributed by atoms with Gasteiger partial charge in [-0.3, -0.25) is 47.6 Å². The molecule has 0 aliphatic heterocycles. The minimum absolute atomic E-state index is 0.0283. The summed E-state index contributed by atoms with van der Waals surface area (Å²) in [5.74, 6) is -2.80. The molecule has 8 N–H and O–H groups in total. The predicted molar refractivity (Wildman–Crippen MR) is 346 cm³/mol. The van der Waals surface area contributed by atoms with Gasteiger partial charge in [0, 0.05) is 44.0 Å². The number of aromatic nitrogens is 6. The van der Waals surface area contributed by atoms with E-state index in [9.17, 15) is 47.4 Å². The third-order valence-corrected chi connectivity index (χ3v) is 14.7. The van der Waals surface area contributed by atoms with Crippen molar-refractivity contribution in [2.75, 3.05) is 54.4 Å². The van der Waals surface area contributed by atoms with Crippen LogP contribution in [-0.4, -0.2) is 89.4 Å². The van der Waals surface area contributed by atoms with Crippen molar-refractivity contribution < 1.29 is 47.6 Å². The summed E-state index contributed by atoms with van der Waals surface area (Å²) in [4.78, 5) is 89.6. The number of rotatable bonds is 22. The minimum atomic E-state index is -0.786. The number of aliphatic hydroxyl groups excluding tert-OH is 2. The summed E-state index contributed by atoms with van der Waals surface area (Å²) in [6.45, 7) is 16.2. The lowest BCUT2D eigenvalue weighted by atomic mass is 9.85. The lowest BCUT2D eigenvalue weighted by molar-refractivity contribution is -0.122. The molecule has 0 atom stereocenters. The van der Waals surface area contributed by atoms with Crippen LogP contribution in [0.5, 0.6) is 11.5 Å². The molecule has 478 valence electrons. The molecule has 3 aromatic heterocycles. The maximum absolute atomic E-state index is 13.7. The van der Waals surface area contributed by atoms with E-state index in [1.165, 1.54) is 46.6 Å². The number of halogens is 4. The zero-order valence-electron chi connectivity index (χ0n) is 51.3. The molecule has 0 bridgehead atoms. The van der Waals surface area contributed by atoms with Crippen LogP contribution in [-0.2, 0) is 32.3 Å². The maximum Gasteiger partial charge on any atom is 0.295 e. The minimum Gasteiger partial charge on any atom is -0.494 e. The van der Waals surface area contributed by atoms with Gasteiger partial charge < -0.3 is 46.7 Å². The number of benzene rings is 5. The highest BCUT2D eigenvalue weighted by atomic mass is 35.5. The van der Waals surface area contributed by atoms with Gasteiger partial charge in [0.2, 0.25) is 23.6 Å². The van der Waals surface area contributed by atoms with Crippen molar-refractivity contribution in [2.45, 2.75) is 87.2 Å². The van der Waals surface area contributed by atoms with Crippen molar-refractivity contribution in [3.05, 3.63) is 192 Å². The molecule has 3 heterocycles. The van der Waals surface area contributed by atoms with E-state index in [0.29, 0.717) is 35.0 Å². The Morgan fingerprint density at radius 1 is 0.544 bits per heavy atom. The van der Waals surface area contributed by atoms with Crippen LogP contribution in [0, 0.1) is 43.2 Å². The maximum atomic E-state index is 13.7. The van der Waals surface area contributed by atoms with Crippen molar-refractivity contribution in [1.29, 1.82) is 0 Å². The smallest absolute Gasteiger partial charge is 0.295 e. The number of carbonyl (C=O) groups is 4. The number of nitrogens with two attached hydrogens (primary N) is 1. The number of nitrogens with zero attached hydrogens (tertiary/aromatic N) is 6. The van der Waals surface area contributed by atoms with E-state index in [-0.39, 0.29) is 101 Å². The second kappa shape index (κ2) is 30.6. The number of ether oxygens (including phenoxy) is 2. The number of nitrogens with one attached hydrogen (secondary N) is 4. The van der Waals surface area contributed by atoms with Gasteiger partial charge in [-0.05, 0) is 80.1 Å². The molecule has 0 radical (unpaired) electrons. The van der Waals surface area contributed by atoms with Gasteiger partial charge in [0.1, 0.15) is 40.2 Å². The second-order valence-corrected chi connectivity index (χ2v) is 23.0. The Balaban J connectivity index is 0.000000229. The Morgan fingerprint density at radius 2 is 0.878 bits per heavy atom. The van der Waals surface area contributed by atoms with Gasteiger partial charge in [-0.2, -0.15) is 0 Å². The fourth-order valence-corrected chi connectivity index (χ4v) is 10.2. The lowest BCUT2D eigenvalue weighted by Crippen LogP contribution is -2.29. The molecule has 0 aliphatic rings. The molecular formula is C64H73Cl2F2N11O11. The van der Waals surface area contributed by atoms with Gasteiger partial charge in [0.15, 0.2) is 0 Å². The third kappa shape index (κ3) is 17.0. The SMILES string of the molecule is C=Cn1c(C)c(NC(=O)CC(C)(C)CC(=O)Nc2cc(Cl)c(F)cc2OC)c(=O)n1-c1ccccc1.COc1cc(F)c(Cl)cc1NC(=O)CC(C)(C)CC(=O)Nc1c(C)n(CCO)n(-c2ccccc2)c1=O.Cc1c(N)c(=O)n(-c2ccccc2)n1CCO. The first-order valence-electron chi connectivity index (χ1n) is 28.1. The predicted octanol–water partition coefficient (Wildman–Crippen LogP) is 9.88. The zero-order valence-corrected chi connectivity index (χ0v) is 52.8. The molecule has 26 heteroatoms. The van der Waals surface area contributed by atoms with Crippen LogP contribution in [0.25, 0.3) is 23.3 Å². The van der Waals surface area contributed by atoms with Crippen LogP contribution in [0.2, 0.25) is 10.0 Å². The molecule has 0 aliphatic carbocycles. The highest BCUT2D eigenvalue weighted by molar-refractivity contribution is 6.31. The van der Waals surface area contributed by atoms with Crippen molar-refractivity contribution in [3.8, 4) is 28.6 Å². The molecule has 4 amide bonds. The van der Waals surface area contributed by atoms with Gasteiger partial charge in [-0.1, -0.05) is 112 Å². The summed E-state index contributed by atoms with van der Waals surface area (Å²) in [6.07, 6.45) is 1.32. The Bertz CT molecular complexity index is 4080. The average Bonchev–Trinajstić information content (AvgIpc) is 1.70. The van der Waals surface area contributed by atoms with Gasteiger partial charge in [-0.15, -0.1) is 0 Å². The molecule has 8 rings (SSSR count). The molecular weight excluding hydrogens is 1210 g/mol. The van der Waals surface area contributed by atoms with E-state index < -0.39 is 57.2 Å². The molecule has 22 nitrogen and oxygen atoms in total. The Morgan fingerprint density at radius 3 is 1.24 bits per heavy atom. The van der Waals surface area contributed by atoms with Crippen molar-refractivity contribution in [3.63, 3.8) is 0 Å². The Kier molecular flexibility index (Phi) is 23.7. The van der Waals surface area contributed by atoms with E-state index >= 15 is 0 Å². The molecule has 0 saturated heterocycles. The highest BCUT2D eigenvalue weighted by Crippen LogP contribution is 2.35. The van der Waals surface area contributed by atoms with Crippen LogP contribution in [0.15, 0.2) is 136 Å². The quantitative estimate of drug-likeness (QED) is 0.0334. The summed E-state index contributed by atoms with van der Waals surface area (Å²) < 4.78 is 46.7. The zero-order chi connectivity index (χ0) is 66.4. The molecule has 0 fully saturated rings. The van der Waals surface area contributed by atoms with E-state index in [1.54, 1.807) is 111 Å². The Labute approximate surface area is 527 Å². The summed E-state index contributed by atoms with van der Waals surface area (Å²) in [5.41, 5.74) is 7.64. The van der Waals surface area contributed by atoms with E-state index in [0.717, 1.165) is 17.8 Å². The number of carbonyl (C=O) groups excluding carboxylic acids is 4. The van der Waals surface area contributed by atoms with Crippen molar-refractivity contribution >= 4 is 81.5 Å². The van der Waals surface area contributed by atoms with E-state index in [1.807, 2.05) is 42.5 Å². The largest absolute Gasteiger partial charge is 0.494 e. The first kappa shape index (κ1) is 69.6. The van der Waals surface area contributed by atoms with Gasteiger partial charge >= 0.3 is 0 Å². The fourth-order valence-electron chi connectivity index (χ4n) is 9.84. The van der Waals surface area contributed by atoms with Gasteiger partial charge in [0.05, 0.1) is 96.1 Å². The first-order valence-corrected chi connectivity index (χ1v) is 28.9. The van der Waals surface area contributed by atoms with Crippen LogP contribution in [0.4, 0.5) is 37.2 Å². The number of amides is 4. The lowest BCUT2D eigenvalue weighted by Gasteiger charge is -2.23. The monoisotopic (exact) mass is 1280 g/mol. The van der Waals surface area contributed by atoms with Crippen LogP contribution < -0.4 is 53.2 Å². The number of nitrogen functional groups attached to an aromatic ring is 1. The Hall–Kier alpha value is -9.49. The van der Waals surface area contributed by atoms with Crippen LogP contribution in [0.3, 0.4) is 0 Å². The van der Waals surface area contributed by atoms with E-state index in [4.69, 9.17) is 43.5 Å². The molecule has 0 spiro atoms. The van der Waals surface area contributed by atoms with Gasteiger partial charge in [-0.25, -0.2) is 22.8 Å². The standard InChI is InChI=1S/C26H30ClFN4O5.C26H28ClFN4O4.C12H15N3O2/c1-16-24(25(36)32(31(16)10-11-33)17-8-6-5-7-9-17)30-23(35)15-26(2,3)14-22(34)29-20-12-18(27)19(28)13-21(20)37-4;1-6-31-16(2)24(25(35)32(31)17-10-8-7-9-11-17)30-23(34)15-26(3,4)14-22(33)29-20-12-18(27)19(28)13-21(20)36-5;1-9-11(13)12(17)15(14(9)7-8-16)10-5-3-2-4-6-10/h5-9,12-13,33H,10-11,14-15H2,1-4H3,(H,29,34)(H,30,35);6-13H,1,14-15H2,2-5H3,(H,29,33)(H,30,34);2-6,16H,7-8,13H2,1H3. The molecule has 0 unspecified atom stereocenters. The normalized spacial score (nSPS) is 11.1. The summed E-state index contributed by atoms with van der Waals surface area (Å²) >= 11 is 11.6. The fraction of sp³-hybridized carbons (Fsp3) is 0.297. The summed E-state index contributed by atoms with van der Waals surface area (Å²) in [5, 5.41) is 28.9. The molecule has 90 heavy (non-hydrogen) atoms. The number of para-hydroxylation sites is 3. The number of anilines is 5. The molecule has 0 saturated carbocycles. The first-order chi connectivity index (χ1) is 42.6.